The fourth-order valence-corrected chi connectivity index (χ4v) is 8.36. The van der Waals surface area contributed by atoms with Gasteiger partial charge in [-0.2, -0.15) is 9.97 Å². The quantitative estimate of drug-likeness (QED) is 0.188. The minimum atomic E-state index is -0.501. The molecule has 0 bridgehead atoms. The van der Waals surface area contributed by atoms with Crippen molar-refractivity contribution in [1.29, 1.82) is 0 Å². The van der Waals surface area contributed by atoms with Crippen molar-refractivity contribution in [2.24, 2.45) is 0 Å². The van der Waals surface area contributed by atoms with E-state index in [9.17, 15) is 0 Å². The van der Waals surface area contributed by atoms with Gasteiger partial charge in [-0.3, -0.25) is 4.90 Å². The maximum atomic E-state index is 5.23. The molecule has 6 aromatic carbocycles. The Kier molecular flexibility index (Phi) is 6.50. The fraction of sp³-hybridized carbons (Fsp3) is 0.0652. The lowest BCUT2D eigenvalue weighted by atomic mass is 9.67. The Hall–Kier alpha value is -6.39. The number of benzene rings is 6. The smallest absolute Gasteiger partial charge is 0.238 e. The van der Waals surface area contributed by atoms with Crippen LogP contribution in [0.1, 0.15) is 40.2 Å². The highest BCUT2D eigenvalue weighted by atomic mass is 15.3. The molecular formula is C46H32N4. The van der Waals surface area contributed by atoms with Crippen LogP contribution in [0.5, 0.6) is 0 Å². The zero-order chi connectivity index (χ0) is 33.1. The van der Waals surface area contributed by atoms with E-state index in [0.29, 0.717) is 17.6 Å². The normalized spacial score (nSPS) is 16.3. The molecule has 4 heteroatoms. The molecule has 1 aromatic heterocycles. The second-order valence-corrected chi connectivity index (χ2v) is 13.1. The van der Waals surface area contributed by atoms with E-state index < -0.39 is 5.41 Å². The summed E-state index contributed by atoms with van der Waals surface area (Å²) in [6, 6.07) is 56.3. The minimum Gasteiger partial charge on any atom is -0.282 e. The van der Waals surface area contributed by atoms with Gasteiger partial charge in [0.25, 0.3) is 0 Å². The van der Waals surface area contributed by atoms with Crippen LogP contribution in [0.3, 0.4) is 0 Å². The Morgan fingerprint density at radius 2 is 1.10 bits per heavy atom. The van der Waals surface area contributed by atoms with E-state index in [2.05, 4.69) is 144 Å². The summed E-state index contributed by atoms with van der Waals surface area (Å²) in [4.78, 5) is 17.8. The predicted molar refractivity (Wildman–Crippen MR) is 201 cm³/mol. The van der Waals surface area contributed by atoms with Gasteiger partial charge in [-0.1, -0.05) is 158 Å². The van der Waals surface area contributed by atoms with E-state index in [4.69, 9.17) is 15.0 Å². The second-order valence-electron chi connectivity index (χ2n) is 13.1. The van der Waals surface area contributed by atoms with Crippen molar-refractivity contribution in [1.82, 2.24) is 15.0 Å². The summed E-state index contributed by atoms with van der Waals surface area (Å²) in [7, 11) is 0. The molecule has 50 heavy (non-hydrogen) atoms. The summed E-state index contributed by atoms with van der Waals surface area (Å²) in [5.41, 5.74) is 12.7. The molecule has 1 aliphatic heterocycles. The summed E-state index contributed by atoms with van der Waals surface area (Å²) in [5, 5.41) is 0. The van der Waals surface area contributed by atoms with E-state index >= 15 is 0 Å². The Bertz CT molecular complexity index is 2360. The number of aromatic nitrogens is 3. The molecule has 0 saturated heterocycles. The number of hydrogen-bond acceptors (Lipinski definition) is 4. The lowest BCUT2D eigenvalue weighted by Crippen LogP contribution is -2.28. The molecule has 1 unspecified atom stereocenters. The second kappa shape index (κ2) is 11.4. The highest BCUT2D eigenvalue weighted by Crippen LogP contribution is 2.60. The molecule has 10 rings (SSSR count). The fourth-order valence-electron chi connectivity index (χ4n) is 8.36. The summed E-state index contributed by atoms with van der Waals surface area (Å²) in [6.07, 6.45) is 7.60. The lowest BCUT2D eigenvalue weighted by molar-refractivity contribution is 0.768. The van der Waals surface area contributed by atoms with Crippen LogP contribution in [0, 0.1) is 0 Å². The first-order valence-electron chi connectivity index (χ1n) is 17.2. The molecule has 0 radical (unpaired) electrons. The van der Waals surface area contributed by atoms with Crippen molar-refractivity contribution < 1.29 is 0 Å². The summed E-state index contributed by atoms with van der Waals surface area (Å²) in [5.74, 6) is 2.13. The molecule has 0 spiro atoms. The molecule has 1 atom stereocenters. The average molecular weight is 641 g/mol. The maximum absolute atomic E-state index is 5.23. The Balaban J connectivity index is 1.27. The zero-order valence-electron chi connectivity index (χ0n) is 27.3. The van der Waals surface area contributed by atoms with Gasteiger partial charge in [0, 0.05) is 22.7 Å². The monoisotopic (exact) mass is 640 g/mol. The first-order chi connectivity index (χ1) is 24.8. The third-order valence-electron chi connectivity index (χ3n) is 10.5. The van der Waals surface area contributed by atoms with E-state index in [1.807, 2.05) is 36.4 Å². The van der Waals surface area contributed by atoms with Crippen molar-refractivity contribution in [2.75, 3.05) is 4.90 Å². The van der Waals surface area contributed by atoms with Crippen molar-refractivity contribution >= 4 is 11.6 Å². The Morgan fingerprint density at radius 3 is 1.72 bits per heavy atom. The van der Waals surface area contributed by atoms with Crippen molar-refractivity contribution in [3.05, 3.63) is 209 Å². The van der Waals surface area contributed by atoms with Gasteiger partial charge in [0.1, 0.15) is 0 Å². The minimum absolute atomic E-state index is 0.188. The number of anilines is 2. The van der Waals surface area contributed by atoms with E-state index in [-0.39, 0.29) is 5.92 Å². The van der Waals surface area contributed by atoms with Crippen LogP contribution < -0.4 is 4.90 Å². The summed E-state index contributed by atoms with van der Waals surface area (Å²) >= 11 is 0. The Labute approximate surface area is 291 Å². The first-order valence-corrected chi connectivity index (χ1v) is 17.2. The molecule has 4 nitrogen and oxygen atoms in total. The molecule has 0 N–H and O–H groups in total. The van der Waals surface area contributed by atoms with Crippen molar-refractivity contribution in [2.45, 2.75) is 17.8 Å². The molecule has 7 aromatic rings. The number of hydrogen-bond donors (Lipinski definition) is 0. The van der Waals surface area contributed by atoms with Gasteiger partial charge in [-0.25, -0.2) is 4.98 Å². The van der Waals surface area contributed by atoms with Gasteiger partial charge >= 0.3 is 0 Å². The van der Waals surface area contributed by atoms with Gasteiger partial charge in [0.15, 0.2) is 11.6 Å². The van der Waals surface area contributed by atoms with Gasteiger partial charge in [0.2, 0.25) is 5.95 Å². The third-order valence-corrected chi connectivity index (χ3v) is 10.5. The van der Waals surface area contributed by atoms with Gasteiger partial charge in [0.05, 0.1) is 11.1 Å². The predicted octanol–water partition coefficient (Wildman–Crippen LogP) is 10.6. The molecule has 2 aliphatic carbocycles. The largest absolute Gasteiger partial charge is 0.282 e. The van der Waals surface area contributed by atoms with E-state index in [1.165, 1.54) is 44.6 Å². The average Bonchev–Trinajstić information content (AvgIpc) is 3.68. The van der Waals surface area contributed by atoms with Crippen molar-refractivity contribution in [3.63, 3.8) is 0 Å². The van der Waals surface area contributed by atoms with Crippen LogP contribution in [0.4, 0.5) is 11.6 Å². The van der Waals surface area contributed by atoms with Crippen LogP contribution in [0.15, 0.2) is 182 Å². The maximum Gasteiger partial charge on any atom is 0.238 e. The molecule has 236 valence electrons. The molecular weight excluding hydrogens is 609 g/mol. The first kappa shape index (κ1) is 28.6. The molecule has 0 fully saturated rings. The number of rotatable bonds is 5. The van der Waals surface area contributed by atoms with Crippen LogP contribution >= 0.6 is 0 Å². The van der Waals surface area contributed by atoms with Gasteiger partial charge < -0.3 is 0 Å². The van der Waals surface area contributed by atoms with Crippen LogP contribution in [-0.4, -0.2) is 15.0 Å². The molecule has 0 saturated carbocycles. The van der Waals surface area contributed by atoms with E-state index in [0.717, 1.165) is 23.2 Å². The Morgan fingerprint density at radius 1 is 0.540 bits per heavy atom. The van der Waals surface area contributed by atoms with Gasteiger partial charge in [-0.05, 0) is 63.6 Å². The van der Waals surface area contributed by atoms with Crippen LogP contribution in [0.2, 0.25) is 0 Å². The number of allylic oxidation sites excluding steroid dienone is 4. The van der Waals surface area contributed by atoms with Crippen molar-refractivity contribution in [3.8, 4) is 33.9 Å². The number of fused-ring (bicyclic) bond motifs is 6. The standard InChI is InChI=1S/C46H32N4/c1-5-17-31(18-6-1)43-47-44(32-19-7-2-8-20-32)49-45(48-43)50-41-28-16-14-26-36(41)38-29-37-35-25-13-15-27-39(35)46(40(37)30-42(38)50,33-21-9-3-10-22-33)34-23-11-4-12-24-34/h1-25,27-30,36H,26H2. The topological polar surface area (TPSA) is 41.9 Å². The van der Waals surface area contributed by atoms with Gasteiger partial charge in [-0.15, -0.1) is 0 Å². The summed E-state index contributed by atoms with van der Waals surface area (Å²) < 4.78 is 0. The highest BCUT2D eigenvalue weighted by Gasteiger charge is 2.48. The zero-order valence-corrected chi connectivity index (χ0v) is 27.3. The highest BCUT2D eigenvalue weighted by molar-refractivity contribution is 5.91. The van der Waals surface area contributed by atoms with Crippen LogP contribution in [-0.2, 0) is 5.41 Å². The molecule has 3 aliphatic rings. The molecule has 0 amide bonds. The molecule has 2 heterocycles. The lowest BCUT2D eigenvalue weighted by Gasteiger charge is -2.34. The SMILES string of the molecule is C1=CCC2C(=C1)N(c1nc(-c3ccccc3)nc(-c3ccccc3)n1)c1cc3c(cc12)-c1ccccc1C3(c1ccccc1)c1ccccc1. The summed E-state index contributed by atoms with van der Waals surface area (Å²) in [6.45, 7) is 0. The number of nitrogens with zero attached hydrogens (tertiary/aromatic N) is 4. The van der Waals surface area contributed by atoms with E-state index in [1.54, 1.807) is 0 Å². The third kappa shape index (κ3) is 4.21. The van der Waals surface area contributed by atoms with Crippen LogP contribution in [0.25, 0.3) is 33.9 Å².